The van der Waals surface area contributed by atoms with Crippen LogP contribution in [0.3, 0.4) is 0 Å². The number of ketones is 2. The molecule has 2 aromatic carbocycles. The third-order valence-corrected chi connectivity index (χ3v) is 3.54. The maximum Gasteiger partial charge on any atom is 0.167 e. The molecule has 2 rings (SSSR count). The zero-order valence-corrected chi connectivity index (χ0v) is 13.0. The summed E-state index contributed by atoms with van der Waals surface area (Å²) in [6, 6.07) is 18.3. The predicted octanol–water partition coefficient (Wildman–Crippen LogP) is 3.32. The van der Waals surface area contributed by atoms with Crippen molar-refractivity contribution < 1.29 is 9.59 Å². The number of carbonyl (C=O) groups excluding carboxylic acids is 2. The van der Waals surface area contributed by atoms with Gasteiger partial charge in [0.25, 0.3) is 0 Å². The van der Waals surface area contributed by atoms with Gasteiger partial charge in [-0.3, -0.25) is 9.59 Å². The molecule has 0 heterocycles. The average molecular weight is 295 g/mol. The molecule has 0 N–H and O–H groups in total. The summed E-state index contributed by atoms with van der Waals surface area (Å²) in [5, 5.41) is 0. The van der Waals surface area contributed by atoms with E-state index in [0.717, 1.165) is 0 Å². The second kappa shape index (κ2) is 7.66. The fraction of sp³-hybridized carbons (Fsp3) is 0.263. The Balaban J connectivity index is 2.16. The summed E-state index contributed by atoms with van der Waals surface area (Å²) in [6.07, 6.45) is 0.232. The monoisotopic (exact) mass is 295 g/mol. The second-order valence-corrected chi connectivity index (χ2v) is 5.68. The van der Waals surface area contributed by atoms with Crippen LogP contribution in [0, 0.1) is 5.92 Å². The molecular formula is C19H21NO2. The van der Waals surface area contributed by atoms with E-state index in [2.05, 4.69) is 0 Å². The minimum Gasteiger partial charge on any atom is -0.309 e. The minimum atomic E-state index is -0.329. The molecule has 3 nitrogen and oxygen atoms in total. The molecule has 114 valence electrons. The van der Waals surface area contributed by atoms with Gasteiger partial charge in [0.05, 0.1) is 0 Å². The Bertz CT molecular complexity index is 620. The molecule has 0 aliphatic rings. The highest BCUT2D eigenvalue weighted by atomic mass is 16.1. The standard InChI is InChI=1S/C19H21NO2/c1-20(2)14-17(19(22)16-11-7-4-8-12-16)13-18(21)15-9-5-3-6-10-15/h3-12,17H,13-14H2,1-2H3. The van der Waals surface area contributed by atoms with Crippen LogP contribution in [0.2, 0.25) is 0 Å². The molecule has 0 saturated carbocycles. The van der Waals surface area contributed by atoms with Crippen molar-refractivity contribution in [1.29, 1.82) is 0 Å². The van der Waals surface area contributed by atoms with Crippen molar-refractivity contribution in [3.8, 4) is 0 Å². The SMILES string of the molecule is CN(C)CC(CC(=O)c1ccccc1)C(=O)c1ccccc1. The molecule has 0 radical (unpaired) electrons. The zero-order chi connectivity index (χ0) is 15.9. The van der Waals surface area contributed by atoms with Gasteiger partial charge in [-0.15, -0.1) is 0 Å². The summed E-state index contributed by atoms with van der Waals surface area (Å²) in [5.41, 5.74) is 1.32. The van der Waals surface area contributed by atoms with E-state index in [-0.39, 0.29) is 23.9 Å². The first-order valence-electron chi connectivity index (χ1n) is 7.40. The van der Waals surface area contributed by atoms with Gasteiger partial charge in [0.15, 0.2) is 11.6 Å². The van der Waals surface area contributed by atoms with Gasteiger partial charge in [-0.1, -0.05) is 60.7 Å². The zero-order valence-electron chi connectivity index (χ0n) is 13.0. The molecule has 1 atom stereocenters. The Labute approximate surface area is 131 Å². The fourth-order valence-corrected chi connectivity index (χ4v) is 2.48. The third kappa shape index (κ3) is 4.37. The second-order valence-electron chi connectivity index (χ2n) is 5.68. The predicted molar refractivity (Wildman–Crippen MR) is 88.2 cm³/mol. The summed E-state index contributed by atoms with van der Waals surface area (Å²) < 4.78 is 0. The van der Waals surface area contributed by atoms with Crippen LogP contribution in [-0.2, 0) is 0 Å². The van der Waals surface area contributed by atoms with Crippen LogP contribution >= 0.6 is 0 Å². The summed E-state index contributed by atoms with van der Waals surface area (Å²) in [5.74, 6) is -0.291. The van der Waals surface area contributed by atoms with Gasteiger partial charge in [0, 0.05) is 30.0 Å². The highest BCUT2D eigenvalue weighted by Gasteiger charge is 2.24. The normalized spacial score (nSPS) is 12.1. The van der Waals surface area contributed by atoms with E-state index in [0.29, 0.717) is 17.7 Å². The molecule has 0 aliphatic heterocycles. The molecule has 0 fully saturated rings. The van der Waals surface area contributed by atoms with Crippen molar-refractivity contribution in [2.24, 2.45) is 5.92 Å². The van der Waals surface area contributed by atoms with E-state index >= 15 is 0 Å². The summed E-state index contributed by atoms with van der Waals surface area (Å²) in [7, 11) is 3.83. The van der Waals surface area contributed by atoms with E-state index in [1.54, 1.807) is 24.3 Å². The molecule has 22 heavy (non-hydrogen) atoms. The van der Waals surface area contributed by atoms with Crippen molar-refractivity contribution in [3.63, 3.8) is 0 Å². The number of rotatable bonds is 7. The molecular weight excluding hydrogens is 274 g/mol. The largest absolute Gasteiger partial charge is 0.309 e. The van der Waals surface area contributed by atoms with E-state index < -0.39 is 0 Å². The van der Waals surface area contributed by atoms with Gasteiger partial charge in [0.1, 0.15) is 0 Å². The Morgan fingerprint density at radius 2 is 1.36 bits per heavy atom. The van der Waals surface area contributed by atoms with Crippen molar-refractivity contribution in [2.45, 2.75) is 6.42 Å². The van der Waals surface area contributed by atoms with Crippen LogP contribution in [0.15, 0.2) is 60.7 Å². The lowest BCUT2D eigenvalue weighted by Gasteiger charge is -2.19. The Morgan fingerprint density at radius 3 is 1.86 bits per heavy atom. The van der Waals surface area contributed by atoms with Gasteiger partial charge in [-0.2, -0.15) is 0 Å². The van der Waals surface area contributed by atoms with Crippen LogP contribution in [0.5, 0.6) is 0 Å². The molecule has 3 heteroatoms. The van der Waals surface area contributed by atoms with Crippen LogP contribution in [0.25, 0.3) is 0 Å². The van der Waals surface area contributed by atoms with Gasteiger partial charge >= 0.3 is 0 Å². The molecule has 0 spiro atoms. The third-order valence-electron chi connectivity index (χ3n) is 3.54. The molecule has 2 aromatic rings. The lowest BCUT2D eigenvalue weighted by molar-refractivity contribution is 0.0829. The van der Waals surface area contributed by atoms with E-state index in [1.165, 1.54) is 0 Å². The van der Waals surface area contributed by atoms with Gasteiger partial charge < -0.3 is 4.90 Å². The number of benzene rings is 2. The smallest absolute Gasteiger partial charge is 0.167 e. The highest BCUT2D eigenvalue weighted by molar-refractivity contribution is 6.03. The minimum absolute atomic E-state index is 0.0109. The maximum atomic E-state index is 12.7. The van der Waals surface area contributed by atoms with Gasteiger partial charge in [0.2, 0.25) is 0 Å². The topological polar surface area (TPSA) is 37.4 Å². The van der Waals surface area contributed by atoms with Gasteiger partial charge in [-0.25, -0.2) is 0 Å². The molecule has 0 bridgehead atoms. The molecule has 0 amide bonds. The van der Waals surface area contributed by atoms with Gasteiger partial charge in [-0.05, 0) is 14.1 Å². The van der Waals surface area contributed by atoms with Crippen LogP contribution in [0.1, 0.15) is 27.1 Å². The number of Topliss-reactive ketones (excluding diaryl/α,β-unsaturated/α-hetero) is 2. The Kier molecular flexibility index (Phi) is 5.61. The van der Waals surface area contributed by atoms with Crippen LogP contribution in [-0.4, -0.2) is 37.1 Å². The first-order valence-corrected chi connectivity index (χ1v) is 7.40. The number of hydrogen-bond acceptors (Lipinski definition) is 3. The highest BCUT2D eigenvalue weighted by Crippen LogP contribution is 2.17. The first-order chi connectivity index (χ1) is 10.6. The van der Waals surface area contributed by atoms with Crippen molar-refractivity contribution in [2.75, 3.05) is 20.6 Å². The number of hydrogen-bond donors (Lipinski definition) is 0. The fourth-order valence-electron chi connectivity index (χ4n) is 2.48. The lowest BCUT2D eigenvalue weighted by atomic mass is 9.90. The van der Waals surface area contributed by atoms with E-state index in [4.69, 9.17) is 0 Å². The summed E-state index contributed by atoms with van der Waals surface area (Å²) >= 11 is 0. The van der Waals surface area contributed by atoms with Crippen LogP contribution in [0.4, 0.5) is 0 Å². The van der Waals surface area contributed by atoms with Crippen molar-refractivity contribution >= 4 is 11.6 Å². The molecule has 0 aromatic heterocycles. The number of carbonyl (C=O) groups is 2. The molecule has 1 unspecified atom stereocenters. The van der Waals surface area contributed by atoms with Crippen molar-refractivity contribution in [3.05, 3.63) is 71.8 Å². The number of nitrogens with zero attached hydrogens (tertiary/aromatic N) is 1. The average Bonchev–Trinajstić information content (AvgIpc) is 2.54. The molecule has 0 saturated heterocycles. The summed E-state index contributed by atoms with van der Waals surface area (Å²) in [4.78, 5) is 27.0. The Hall–Kier alpha value is -2.26. The maximum absolute atomic E-state index is 12.7. The molecule has 0 aliphatic carbocycles. The first kappa shape index (κ1) is 16.1. The van der Waals surface area contributed by atoms with E-state index in [1.807, 2.05) is 55.4 Å². The van der Waals surface area contributed by atoms with Crippen LogP contribution < -0.4 is 0 Å². The lowest BCUT2D eigenvalue weighted by Crippen LogP contribution is -2.30. The van der Waals surface area contributed by atoms with Crippen molar-refractivity contribution in [1.82, 2.24) is 4.90 Å². The van der Waals surface area contributed by atoms with E-state index in [9.17, 15) is 9.59 Å². The Morgan fingerprint density at radius 1 is 0.864 bits per heavy atom. The summed E-state index contributed by atoms with van der Waals surface area (Å²) in [6.45, 7) is 0.562. The quantitative estimate of drug-likeness (QED) is 0.735.